The van der Waals surface area contributed by atoms with Crippen molar-refractivity contribution in [2.75, 3.05) is 11.4 Å². The zero-order valence-corrected chi connectivity index (χ0v) is 8.10. The molecular weight excluding hydrogens is 224 g/mol. The zero-order valence-electron chi connectivity index (χ0n) is 7.28. The van der Waals surface area contributed by atoms with E-state index in [-0.39, 0.29) is 16.7 Å². The molecule has 1 saturated heterocycles. The van der Waals surface area contributed by atoms with Gasteiger partial charge < -0.3 is 10.4 Å². The van der Waals surface area contributed by atoms with Crippen molar-refractivity contribution < 1.29 is 14.8 Å². The normalized spacial score (nSPS) is 20.5. The number of nitro groups is 1. The summed E-state index contributed by atoms with van der Waals surface area (Å²) in [5, 5.41) is 21.8. The van der Waals surface area contributed by atoms with Gasteiger partial charge in [-0.15, -0.1) is 0 Å². The van der Waals surface area contributed by atoms with Gasteiger partial charge in [0.1, 0.15) is 12.4 Å². The topological polar surface area (TPSA) is 109 Å². The van der Waals surface area contributed by atoms with E-state index in [4.69, 9.17) is 5.11 Å². The minimum Gasteiger partial charge on any atom is -0.372 e. The van der Waals surface area contributed by atoms with Gasteiger partial charge in [-0.1, -0.05) is 0 Å². The lowest BCUT2D eigenvalue weighted by molar-refractivity contribution is -0.380. The molecule has 0 bridgehead atoms. The van der Waals surface area contributed by atoms with Gasteiger partial charge in [0.25, 0.3) is 0 Å². The summed E-state index contributed by atoms with van der Waals surface area (Å²) < 4.78 is 0. The lowest BCUT2D eigenvalue weighted by atomic mass is 10.6. The molecule has 1 fully saturated rings. The minimum absolute atomic E-state index is 0.0451. The molecule has 2 amide bonds. The third-order valence-corrected chi connectivity index (χ3v) is 2.75. The number of hydrogen-bond donors (Lipinski definition) is 2. The average Bonchev–Trinajstić information content (AvgIpc) is 2.71. The quantitative estimate of drug-likeness (QED) is 0.544. The van der Waals surface area contributed by atoms with Gasteiger partial charge in [-0.25, -0.2) is 9.78 Å². The number of thiazole rings is 1. The Morgan fingerprint density at radius 2 is 2.53 bits per heavy atom. The molecule has 1 aromatic rings. The van der Waals surface area contributed by atoms with Crippen molar-refractivity contribution in [2.45, 2.75) is 6.23 Å². The third kappa shape index (κ3) is 1.74. The smallest absolute Gasteiger partial charge is 0.345 e. The Morgan fingerprint density at radius 3 is 3.00 bits per heavy atom. The molecule has 2 heterocycles. The molecule has 2 N–H and O–H groups in total. The van der Waals surface area contributed by atoms with E-state index >= 15 is 0 Å². The summed E-state index contributed by atoms with van der Waals surface area (Å²) in [5.41, 5.74) is 0. The van der Waals surface area contributed by atoms with Gasteiger partial charge in [0, 0.05) is 0 Å². The van der Waals surface area contributed by atoms with Gasteiger partial charge in [0.15, 0.2) is 5.13 Å². The fourth-order valence-electron chi connectivity index (χ4n) is 1.15. The number of hydrogen-bond acceptors (Lipinski definition) is 6. The highest BCUT2D eigenvalue weighted by Crippen LogP contribution is 2.29. The number of amides is 2. The van der Waals surface area contributed by atoms with Crippen LogP contribution in [0, 0.1) is 10.1 Å². The summed E-state index contributed by atoms with van der Waals surface area (Å²) in [7, 11) is 0. The van der Waals surface area contributed by atoms with Crippen LogP contribution in [0.2, 0.25) is 0 Å². The molecule has 1 atom stereocenters. The van der Waals surface area contributed by atoms with Crippen LogP contribution < -0.4 is 10.2 Å². The molecule has 1 aliphatic heterocycles. The highest BCUT2D eigenvalue weighted by molar-refractivity contribution is 7.18. The number of aliphatic hydroxyl groups excluding tert-OH is 1. The number of carbonyl (C=O) groups is 1. The summed E-state index contributed by atoms with van der Waals surface area (Å²) in [6.45, 7) is 0.0451. The second kappa shape index (κ2) is 3.44. The van der Waals surface area contributed by atoms with Crippen LogP contribution >= 0.6 is 11.3 Å². The lowest BCUT2D eigenvalue weighted by Gasteiger charge is -2.07. The van der Waals surface area contributed by atoms with Crippen molar-refractivity contribution in [3.8, 4) is 0 Å². The SMILES string of the molecule is O=C1NC(O)CN1c1ncc([N+](=O)[O-])s1. The molecule has 1 aliphatic rings. The Morgan fingerprint density at radius 1 is 1.80 bits per heavy atom. The molecule has 1 unspecified atom stereocenters. The number of aliphatic hydroxyl groups is 1. The maximum atomic E-state index is 11.2. The van der Waals surface area contributed by atoms with Crippen LogP contribution in [0.1, 0.15) is 0 Å². The first-order valence-electron chi connectivity index (χ1n) is 3.94. The number of nitrogens with zero attached hydrogens (tertiary/aromatic N) is 3. The fraction of sp³-hybridized carbons (Fsp3) is 0.333. The van der Waals surface area contributed by atoms with E-state index in [1.807, 2.05) is 0 Å². The molecule has 0 saturated carbocycles. The van der Waals surface area contributed by atoms with Gasteiger partial charge in [0.05, 0.1) is 11.5 Å². The van der Waals surface area contributed by atoms with E-state index in [1.165, 1.54) is 0 Å². The van der Waals surface area contributed by atoms with Gasteiger partial charge in [-0.3, -0.25) is 15.0 Å². The van der Waals surface area contributed by atoms with Gasteiger partial charge in [0.2, 0.25) is 0 Å². The van der Waals surface area contributed by atoms with Crippen LogP contribution in [0.5, 0.6) is 0 Å². The van der Waals surface area contributed by atoms with Crippen LogP contribution in [-0.2, 0) is 0 Å². The minimum atomic E-state index is -0.958. The van der Waals surface area contributed by atoms with Gasteiger partial charge in [-0.05, 0) is 11.3 Å². The number of aromatic nitrogens is 1. The van der Waals surface area contributed by atoms with Crippen molar-refractivity contribution in [3.05, 3.63) is 16.3 Å². The second-order valence-electron chi connectivity index (χ2n) is 2.81. The standard InChI is InChI=1S/C6H6N4O4S/c11-3-2-9(5(12)8-3)6-7-1-4(15-6)10(13)14/h1,3,11H,2H2,(H,8,12). The molecule has 80 valence electrons. The van der Waals surface area contributed by atoms with Crippen molar-refractivity contribution in [2.24, 2.45) is 0 Å². The van der Waals surface area contributed by atoms with Crippen LogP contribution in [0.4, 0.5) is 14.9 Å². The molecule has 15 heavy (non-hydrogen) atoms. The van der Waals surface area contributed by atoms with Crippen molar-refractivity contribution >= 4 is 27.5 Å². The van der Waals surface area contributed by atoms with Crippen LogP contribution in [0.3, 0.4) is 0 Å². The van der Waals surface area contributed by atoms with Crippen molar-refractivity contribution in [1.29, 1.82) is 0 Å². The second-order valence-corrected chi connectivity index (χ2v) is 3.80. The van der Waals surface area contributed by atoms with E-state index in [1.54, 1.807) is 0 Å². The van der Waals surface area contributed by atoms with E-state index in [0.29, 0.717) is 0 Å². The highest BCUT2D eigenvalue weighted by Gasteiger charge is 2.31. The maximum Gasteiger partial charge on any atom is 0.345 e. The van der Waals surface area contributed by atoms with E-state index in [0.717, 1.165) is 22.4 Å². The predicted octanol–water partition coefficient (Wildman–Crippen LogP) is -0.101. The number of rotatable bonds is 2. The Labute approximate surface area is 87.3 Å². The summed E-state index contributed by atoms with van der Waals surface area (Å²) in [6.07, 6.45) is 0.123. The van der Waals surface area contributed by atoms with Crippen molar-refractivity contribution in [3.63, 3.8) is 0 Å². The maximum absolute atomic E-state index is 11.2. The summed E-state index contributed by atoms with van der Waals surface area (Å²) in [6, 6.07) is -0.508. The molecule has 1 aromatic heterocycles. The van der Waals surface area contributed by atoms with Crippen LogP contribution in [0.15, 0.2) is 6.20 Å². The van der Waals surface area contributed by atoms with Gasteiger partial charge in [-0.2, -0.15) is 0 Å². The number of β-amino-alcohol motifs (C(OH)–C–C–N with tert-alkyl or cyclic N) is 1. The molecule has 2 rings (SSSR count). The third-order valence-electron chi connectivity index (χ3n) is 1.78. The number of anilines is 1. The Hall–Kier alpha value is -1.74. The first-order valence-corrected chi connectivity index (χ1v) is 4.76. The van der Waals surface area contributed by atoms with Gasteiger partial charge >= 0.3 is 11.0 Å². The average molecular weight is 230 g/mol. The van der Waals surface area contributed by atoms with E-state index < -0.39 is 17.2 Å². The Bertz CT molecular complexity index is 419. The first-order chi connectivity index (χ1) is 7.08. The zero-order chi connectivity index (χ0) is 11.0. The monoisotopic (exact) mass is 230 g/mol. The van der Waals surface area contributed by atoms with E-state index in [2.05, 4.69) is 10.3 Å². The molecule has 0 radical (unpaired) electrons. The van der Waals surface area contributed by atoms with Crippen LogP contribution in [-0.4, -0.2) is 33.8 Å². The Balaban J connectivity index is 2.23. The first kappa shape index (κ1) is 9.80. The molecule has 9 heteroatoms. The number of carbonyl (C=O) groups excluding carboxylic acids is 1. The molecule has 8 nitrogen and oxygen atoms in total. The molecule has 0 aromatic carbocycles. The summed E-state index contributed by atoms with van der Waals surface area (Å²) >= 11 is 0.788. The lowest BCUT2D eigenvalue weighted by Crippen LogP contribution is -2.28. The van der Waals surface area contributed by atoms with E-state index in [9.17, 15) is 14.9 Å². The highest BCUT2D eigenvalue weighted by atomic mass is 32.1. The fourth-order valence-corrected chi connectivity index (χ4v) is 1.89. The summed E-state index contributed by atoms with van der Waals surface area (Å²) in [4.78, 5) is 25.9. The predicted molar refractivity (Wildman–Crippen MR) is 50.7 cm³/mol. The number of nitrogens with one attached hydrogen (secondary N) is 1. The molecule has 0 spiro atoms. The molecule has 0 aliphatic carbocycles. The number of urea groups is 1. The summed E-state index contributed by atoms with van der Waals surface area (Å²) in [5.74, 6) is 0. The van der Waals surface area contributed by atoms with Crippen LogP contribution in [0.25, 0.3) is 0 Å². The largest absolute Gasteiger partial charge is 0.372 e. The van der Waals surface area contributed by atoms with Crippen molar-refractivity contribution in [1.82, 2.24) is 10.3 Å². The molecular formula is C6H6N4O4S. The Kier molecular flexibility index (Phi) is 2.25.